The van der Waals surface area contributed by atoms with Crippen LogP contribution >= 0.6 is 11.6 Å². The topological polar surface area (TPSA) is 106 Å². The Morgan fingerprint density at radius 1 is 1.11 bits per heavy atom. The number of amides is 2. The van der Waals surface area contributed by atoms with Crippen molar-refractivity contribution >= 4 is 50.2 Å². The number of carbonyl (C=O) groups is 2. The number of rotatable bonds is 5. The summed E-state index contributed by atoms with van der Waals surface area (Å²) in [4.78, 5) is 23.3. The van der Waals surface area contributed by atoms with Gasteiger partial charge in [0.2, 0.25) is 5.91 Å². The number of methoxy groups -OCH3 is 1. The number of fused-ring (bicyclic) bond motifs is 1. The summed E-state index contributed by atoms with van der Waals surface area (Å²) in [6, 6.07) is 12.7. The van der Waals surface area contributed by atoms with Crippen LogP contribution in [0.4, 0.5) is 10.5 Å². The Morgan fingerprint density at radius 3 is 2.50 bits per heavy atom. The van der Waals surface area contributed by atoms with Crippen molar-refractivity contribution in [2.24, 2.45) is 0 Å². The molecule has 2 amide bonds. The highest BCUT2D eigenvalue weighted by molar-refractivity contribution is 7.90. The van der Waals surface area contributed by atoms with Gasteiger partial charge in [-0.25, -0.2) is 17.9 Å². The third-order valence-electron chi connectivity index (χ3n) is 3.90. The number of anilines is 1. The fraction of sp³-hybridized carbons (Fsp3) is 0.111. The molecule has 0 aliphatic carbocycles. The summed E-state index contributed by atoms with van der Waals surface area (Å²) in [5.74, 6) is -0.305. The zero-order valence-electron chi connectivity index (χ0n) is 14.7. The molecule has 0 fully saturated rings. The van der Waals surface area contributed by atoms with Crippen molar-refractivity contribution in [2.45, 2.75) is 11.4 Å². The van der Waals surface area contributed by atoms with Crippen LogP contribution in [-0.4, -0.2) is 32.1 Å². The molecule has 1 aromatic heterocycles. The Labute approximate surface area is 166 Å². The smallest absolute Gasteiger partial charge is 0.420 e. The second-order valence-electron chi connectivity index (χ2n) is 5.79. The molecule has 28 heavy (non-hydrogen) atoms. The van der Waals surface area contributed by atoms with Gasteiger partial charge in [0.25, 0.3) is 10.0 Å². The predicted molar refractivity (Wildman–Crippen MR) is 105 cm³/mol. The molecule has 0 bridgehead atoms. The molecule has 3 rings (SSSR count). The van der Waals surface area contributed by atoms with Crippen LogP contribution in [0.25, 0.3) is 10.9 Å². The van der Waals surface area contributed by atoms with Gasteiger partial charge < -0.3 is 14.6 Å². The van der Waals surface area contributed by atoms with Crippen molar-refractivity contribution in [1.29, 1.82) is 0 Å². The number of nitrogens with one attached hydrogen (secondary N) is 2. The molecule has 0 atom stereocenters. The van der Waals surface area contributed by atoms with Crippen molar-refractivity contribution in [3.63, 3.8) is 0 Å². The van der Waals surface area contributed by atoms with E-state index in [9.17, 15) is 18.0 Å². The monoisotopic (exact) mass is 421 g/mol. The van der Waals surface area contributed by atoms with Crippen LogP contribution in [0.3, 0.4) is 0 Å². The predicted octanol–water partition coefficient (Wildman–Crippen LogP) is 2.98. The van der Waals surface area contributed by atoms with E-state index in [4.69, 9.17) is 11.6 Å². The standard InChI is InChI=1S/C18H16ClN3O5S/c1-27-18(24)21-28(25,26)14-7-5-13(6-8-14)20-16(23)11-22-10-9-12-3-2-4-15(19)17(12)22/h2-10H,11H2,1H3,(H,20,23)(H,21,24). The van der Waals surface area contributed by atoms with Gasteiger partial charge in [0.15, 0.2) is 0 Å². The highest BCUT2D eigenvalue weighted by atomic mass is 35.5. The van der Waals surface area contributed by atoms with Crippen LogP contribution < -0.4 is 10.0 Å². The maximum absolute atomic E-state index is 12.3. The number of halogens is 1. The third-order valence-corrected chi connectivity index (χ3v) is 5.54. The second kappa shape index (κ2) is 7.91. The van der Waals surface area contributed by atoms with Gasteiger partial charge in [0.05, 0.1) is 22.5 Å². The van der Waals surface area contributed by atoms with Crippen LogP contribution in [0.2, 0.25) is 5.02 Å². The number of ether oxygens (including phenoxy) is 1. The van der Waals surface area contributed by atoms with Crippen molar-refractivity contribution < 1.29 is 22.7 Å². The van der Waals surface area contributed by atoms with Gasteiger partial charge in [-0.15, -0.1) is 0 Å². The van der Waals surface area contributed by atoms with E-state index in [0.717, 1.165) is 18.0 Å². The van der Waals surface area contributed by atoms with Gasteiger partial charge in [-0.3, -0.25) is 4.79 Å². The molecule has 3 aromatic rings. The van der Waals surface area contributed by atoms with Gasteiger partial charge in [0, 0.05) is 17.3 Å². The zero-order valence-corrected chi connectivity index (χ0v) is 16.3. The number of hydrogen-bond acceptors (Lipinski definition) is 5. The molecule has 146 valence electrons. The van der Waals surface area contributed by atoms with E-state index in [1.165, 1.54) is 24.3 Å². The van der Waals surface area contributed by atoms with Gasteiger partial charge in [-0.1, -0.05) is 23.7 Å². The van der Waals surface area contributed by atoms with E-state index in [-0.39, 0.29) is 17.3 Å². The SMILES string of the molecule is COC(=O)NS(=O)(=O)c1ccc(NC(=O)Cn2ccc3cccc(Cl)c32)cc1. The quantitative estimate of drug-likeness (QED) is 0.658. The summed E-state index contributed by atoms with van der Waals surface area (Å²) in [5.41, 5.74) is 1.17. The van der Waals surface area contributed by atoms with E-state index >= 15 is 0 Å². The lowest BCUT2D eigenvalue weighted by Gasteiger charge is -2.09. The van der Waals surface area contributed by atoms with Crippen LogP contribution in [0, 0.1) is 0 Å². The largest absolute Gasteiger partial charge is 0.452 e. The summed E-state index contributed by atoms with van der Waals surface area (Å²) in [6.07, 6.45) is 0.680. The zero-order chi connectivity index (χ0) is 20.3. The average molecular weight is 422 g/mol. The summed E-state index contributed by atoms with van der Waals surface area (Å²) in [7, 11) is -2.98. The van der Waals surface area contributed by atoms with E-state index in [1.807, 2.05) is 18.2 Å². The van der Waals surface area contributed by atoms with Crippen molar-refractivity contribution in [2.75, 3.05) is 12.4 Å². The Balaban J connectivity index is 1.70. The summed E-state index contributed by atoms with van der Waals surface area (Å²) in [6.45, 7) is 0.0389. The fourth-order valence-electron chi connectivity index (χ4n) is 2.63. The van der Waals surface area contributed by atoms with E-state index in [2.05, 4.69) is 10.1 Å². The highest BCUT2D eigenvalue weighted by Crippen LogP contribution is 2.24. The highest BCUT2D eigenvalue weighted by Gasteiger charge is 2.18. The van der Waals surface area contributed by atoms with Crippen molar-refractivity contribution in [1.82, 2.24) is 9.29 Å². The minimum absolute atomic E-state index is 0.0389. The maximum Gasteiger partial charge on any atom is 0.420 e. The lowest BCUT2D eigenvalue weighted by atomic mass is 10.2. The van der Waals surface area contributed by atoms with Gasteiger partial charge >= 0.3 is 6.09 Å². The normalized spacial score (nSPS) is 11.2. The molecule has 2 aromatic carbocycles. The summed E-state index contributed by atoms with van der Waals surface area (Å²) in [5, 5.41) is 4.15. The first-order chi connectivity index (χ1) is 13.3. The molecule has 8 nitrogen and oxygen atoms in total. The number of aromatic nitrogens is 1. The van der Waals surface area contributed by atoms with Crippen LogP contribution in [0.5, 0.6) is 0 Å². The first-order valence-corrected chi connectivity index (χ1v) is 9.90. The fourth-order valence-corrected chi connectivity index (χ4v) is 3.83. The first kappa shape index (κ1) is 19.7. The molecule has 0 aliphatic rings. The Kier molecular flexibility index (Phi) is 5.57. The minimum Gasteiger partial charge on any atom is -0.452 e. The molecular formula is C18H16ClN3O5S. The lowest BCUT2D eigenvalue weighted by molar-refractivity contribution is -0.116. The van der Waals surface area contributed by atoms with E-state index in [1.54, 1.807) is 21.6 Å². The number of sulfonamides is 1. The van der Waals surface area contributed by atoms with Crippen LogP contribution in [0.15, 0.2) is 59.6 Å². The van der Waals surface area contributed by atoms with Gasteiger partial charge in [-0.2, -0.15) is 0 Å². The maximum atomic E-state index is 12.3. The van der Waals surface area contributed by atoms with Gasteiger partial charge in [0.1, 0.15) is 6.54 Å². The van der Waals surface area contributed by atoms with E-state index < -0.39 is 16.1 Å². The average Bonchev–Trinajstić information content (AvgIpc) is 3.05. The molecule has 2 N–H and O–H groups in total. The first-order valence-electron chi connectivity index (χ1n) is 8.04. The van der Waals surface area contributed by atoms with Crippen molar-refractivity contribution in [3.8, 4) is 0 Å². The lowest BCUT2D eigenvalue weighted by Crippen LogP contribution is -2.30. The second-order valence-corrected chi connectivity index (χ2v) is 7.88. The van der Waals surface area contributed by atoms with Crippen LogP contribution in [-0.2, 0) is 26.1 Å². The Bertz CT molecular complexity index is 1140. The number of carbonyl (C=O) groups excluding carboxylic acids is 2. The molecule has 10 heteroatoms. The molecular weight excluding hydrogens is 406 g/mol. The number of benzene rings is 2. The van der Waals surface area contributed by atoms with Gasteiger partial charge in [-0.05, 0) is 36.4 Å². The molecule has 0 saturated heterocycles. The summed E-state index contributed by atoms with van der Waals surface area (Å²) >= 11 is 6.21. The molecule has 0 unspecified atom stereocenters. The third kappa shape index (κ3) is 4.26. The summed E-state index contributed by atoms with van der Waals surface area (Å²) < 4.78 is 31.7. The molecule has 0 radical (unpaired) electrons. The Hall–Kier alpha value is -3.04. The molecule has 0 aliphatic heterocycles. The number of para-hydroxylation sites is 1. The molecule has 0 saturated carbocycles. The van der Waals surface area contributed by atoms with Crippen LogP contribution in [0.1, 0.15) is 0 Å². The number of hydrogen-bond donors (Lipinski definition) is 2. The molecule has 0 spiro atoms. The van der Waals surface area contributed by atoms with E-state index in [0.29, 0.717) is 10.7 Å². The number of nitrogens with zero attached hydrogens (tertiary/aromatic N) is 1. The van der Waals surface area contributed by atoms with Crippen molar-refractivity contribution in [3.05, 3.63) is 59.8 Å². The Morgan fingerprint density at radius 2 is 1.82 bits per heavy atom. The molecule has 1 heterocycles. The minimum atomic E-state index is -4.04.